The molecule has 0 aliphatic carbocycles. The number of carbonyl (C=O) groups excluding carboxylic acids is 4. The molecule has 2 saturated heterocycles. The highest BCUT2D eigenvalue weighted by Gasteiger charge is 2.46. The second-order valence-electron chi connectivity index (χ2n) is 21.8. The van der Waals surface area contributed by atoms with E-state index in [4.69, 9.17) is 14.2 Å². The van der Waals surface area contributed by atoms with Gasteiger partial charge in [-0.05, 0) is 155 Å². The Kier molecular flexibility index (Phi) is 18.2. The molecule has 2 aromatic heterocycles. The number of anilines is 1. The van der Waals surface area contributed by atoms with Gasteiger partial charge in [0.1, 0.15) is 23.6 Å². The predicted octanol–water partition coefficient (Wildman–Crippen LogP) is 9.39. The van der Waals surface area contributed by atoms with Crippen LogP contribution in [0.1, 0.15) is 126 Å². The minimum Gasteiger partial charge on any atom is -0.494 e. The van der Waals surface area contributed by atoms with Crippen LogP contribution in [0.25, 0.3) is 21.6 Å². The highest BCUT2D eigenvalue weighted by atomic mass is 32.1. The Morgan fingerprint density at radius 1 is 0.875 bits per heavy atom. The van der Waals surface area contributed by atoms with Gasteiger partial charge in [-0.25, -0.2) is 4.98 Å². The third-order valence-corrected chi connectivity index (χ3v) is 16.8. The van der Waals surface area contributed by atoms with E-state index in [1.807, 2.05) is 127 Å². The Balaban J connectivity index is 0.779. The smallest absolute Gasteiger partial charge is 0.255 e. The van der Waals surface area contributed by atoms with Gasteiger partial charge in [0.05, 0.1) is 41.4 Å². The van der Waals surface area contributed by atoms with Gasteiger partial charge in [0.15, 0.2) is 0 Å². The minimum absolute atomic E-state index is 0.00191. The summed E-state index contributed by atoms with van der Waals surface area (Å²) in [6.45, 7) is 18.9. The van der Waals surface area contributed by atoms with Gasteiger partial charge in [0.25, 0.3) is 17.4 Å². The highest BCUT2D eigenvalue weighted by molar-refractivity contribution is 7.13. The number of carbonyl (C=O) groups is 4. The maximum Gasteiger partial charge on any atom is 0.255 e. The largest absolute Gasteiger partial charge is 0.494 e. The second-order valence-corrected chi connectivity index (χ2v) is 22.7. The molecule has 9 rings (SSSR count). The summed E-state index contributed by atoms with van der Waals surface area (Å²) in [5.41, 5.74) is 12.2. The van der Waals surface area contributed by atoms with Crippen molar-refractivity contribution in [3.63, 3.8) is 0 Å². The Morgan fingerprint density at radius 2 is 1.56 bits per heavy atom. The lowest BCUT2D eigenvalue weighted by atomic mass is 9.95. The van der Waals surface area contributed by atoms with Gasteiger partial charge in [-0.3, -0.25) is 24.0 Å². The van der Waals surface area contributed by atoms with Crippen LogP contribution in [0.2, 0.25) is 0 Å². The number of hydrogen-bond donors (Lipinski definition) is 4. The van der Waals surface area contributed by atoms with E-state index >= 15 is 0 Å². The van der Waals surface area contributed by atoms with Crippen molar-refractivity contribution < 1.29 is 38.5 Å². The number of aromatic amines is 1. The zero-order valence-electron chi connectivity index (χ0n) is 47.2. The number of aliphatic hydroxyl groups excluding tert-OH is 1. The van der Waals surface area contributed by atoms with Crippen LogP contribution in [0.4, 0.5) is 5.69 Å². The summed E-state index contributed by atoms with van der Waals surface area (Å²) in [6.07, 6.45) is 2.44. The van der Waals surface area contributed by atoms with Gasteiger partial charge in [-0.15, -0.1) is 11.3 Å². The number of pyridine rings is 1. The Hall–Kier alpha value is -7.34. The average molecular weight is 1110 g/mol. The number of benzene rings is 4. The molecule has 4 amide bonds. The van der Waals surface area contributed by atoms with Crippen LogP contribution >= 0.6 is 11.3 Å². The first-order valence-electron chi connectivity index (χ1n) is 28.0. The van der Waals surface area contributed by atoms with E-state index in [0.29, 0.717) is 67.5 Å². The van der Waals surface area contributed by atoms with Crippen LogP contribution in [0, 0.1) is 33.6 Å². The molecule has 2 fully saturated rings. The first-order valence-corrected chi connectivity index (χ1v) is 28.9. The van der Waals surface area contributed by atoms with Crippen molar-refractivity contribution in [2.75, 3.05) is 44.4 Å². The van der Waals surface area contributed by atoms with Gasteiger partial charge in [-0.1, -0.05) is 56.3 Å². The summed E-state index contributed by atoms with van der Waals surface area (Å²) in [7, 11) is 0. The summed E-state index contributed by atoms with van der Waals surface area (Å²) < 4.78 is 18.0. The molecule has 4 N–H and O–H groups in total. The van der Waals surface area contributed by atoms with Gasteiger partial charge in [0, 0.05) is 79.9 Å². The first kappa shape index (κ1) is 57.3. The lowest BCUT2D eigenvalue weighted by Gasteiger charge is -2.37. The molecule has 3 aliphatic rings. The Bertz CT molecular complexity index is 3260. The van der Waals surface area contributed by atoms with E-state index in [0.717, 1.165) is 80.3 Å². The van der Waals surface area contributed by atoms with E-state index in [2.05, 4.69) is 38.5 Å². The standard InChI is InChI=1S/C63H75N7O9S/c1-9-68(48-22-26-77-27-23-48)55-30-47(29-52(40(55)6)59(72)64-33-54-38(4)28-39(5)66-60(54)73)44-16-19-50(20-17-44)78-24-10-11-25-79-51-21-18-46-34-70(62(75)53(46)32-51)57(37(2)3)63(76)69-35-49(71)31-56(69)61(74)67-41(7)43-12-14-45(15-13-43)58-42(8)65-36-80-58/h12-21,28-30,32,36-37,41,48-49,56-57,71H,9-11,22-27,31,33-35H2,1-8H3,(H,64,72)(H,66,73)(H,67,74)/t41?,49-,56+,57?/m1/s1. The molecule has 16 nitrogen and oxygen atoms in total. The molecule has 6 aromatic rings. The first-order chi connectivity index (χ1) is 38.5. The number of aromatic nitrogens is 2. The number of aliphatic hydroxyl groups is 1. The highest BCUT2D eigenvalue weighted by Crippen LogP contribution is 2.36. The fraction of sp³-hybridized carbons (Fsp3) is 0.429. The number of nitrogens with one attached hydrogen (secondary N) is 3. The molecular weight excluding hydrogens is 1030 g/mol. The molecule has 0 saturated carbocycles. The number of hydrogen-bond acceptors (Lipinski definition) is 12. The van der Waals surface area contributed by atoms with Crippen LogP contribution in [0.3, 0.4) is 0 Å². The minimum atomic E-state index is -0.892. The lowest BCUT2D eigenvalue weighted by Crippen LogP contribution is -2.55. The van der Waals surface area contributed by atoms with Gasteiger partial charge >= 0.3 is 0 Å². The van der Waals surface area contributed by atoms with E-state index < -0.39 is 18.2 Å². The molecule has 4 aromatic carbocycles. The average Bonchev–Trinajstić information content (AvgIpc) is 4.20. The van der Waals surface area contributed by atoms with E-state index in [-0.39, 0.29) is 73.2 Å². The number of β-amino-alcohol motifs (C(OH)–C–C–N with tert-alkyl or cyclic N) is 1. The quantitative estimate of drug-likeness (QED) is 0.0502. The topological polar surface area (TPSA) is 196 Å². The molecule has 422 valence electrons. The van der Waals surface area contributed by atoms with Crippen molar-refractivity contribution in [2.45, 2.75) is 131 Å². The third kappa shape index (κ3) is 12.8. The maximum absolute atomic E-state index is 14.5. The van der Waals surface area contributed by atoms with Crippen molar-refractivity contribution in [3.05, 3.63) is 151 Å². The van der Waals surface area contributed by atoms with Gasteiger partial charge < -0.3 is 49.6 Å². The molecular formula is C63H75N7O9S. The number of ether oxygens (including phenoxy) is 3. The van der Waals surface area contributed by atoms with Crippen molar-refractivity contribution in [1.29, 1.82) is 0 Å². The summed E-state index contributed by atoms with van der Waals surface area (Å²) in [4.78, 5) is 83.1. The van der Waals surface area contributed by atoms with Crippen molar-refractivity contribution in [2.24, 2.45) is 5.92 Å². The summed E-state index contributed by atoms with van der Waals surface area (Å²) in [5.74, 6) is -0.256. The Labute approximate surface area is 472 Å². The summed E-state index contributed by atoms with van der Waals surface area (Å²) in [5, 5.41) is 16.9. The summed E-state index contributed by atoms with van der Waals surface area (Å²) >= 11 is 1.58. The molecule has 4 atom stereocenters. The molecule has 0 radical (unpaired) electrons. The number of aryl methyl sites for hydroxylation is 3. The molecule has 0 bridgehead atoms. The molecule has 2 unspecified atom stereocenters. The van der Waals surface area contributed by atoms with Gasteiger partial charge in [0.2, 0.25) is 11.8 Å². The molecule has 0 spiro atoms. The molecule has 5 heterocycles. The normalized spacial score (nSPS) is 17.1. The van der Waals surface area contributed by atoms with Crippen molar-refractivity contribution in [3.8, 4) is 33.1 Å². The fourth-order valence-corrected chi connectivity index (χ4v) is 12.3. The predicted molar refractivity (Wildman–Crippen MR) is 311 cm³/mol. The molecule has 17 heteroatoms. The van der Waals surface area contributed by atoms with Crippen LogP contribution in [-0.4, -0.2) is 112 Å². The van der Waals surface area contributed by atoms with E-state index in [1.165, 1.54) is 4.90 Å². The molecule has 3 aliphatic heterocycles. The number of likely N-dealkylation sites (tertiary alicyclic amines) is 1. The van der Waals surface area contributed by atoms with Crippen LogP contribution in [0.5, 0.6) is 11.5 Å². The number of amides is 4. The van der Waals surface area contributed by atoms with Crippen LogP contribution < -0.4 is 30.6 Å². The monoisotopic (exact) mass is 1110 g/mol. The summed E-state index contributed by atoms with van der Waals surface area (Å²) in [6, 6.07) is 25.5. The zero-order valence-corrected chi connectivity index (χ0v) is 48.0. The van der Waals surface area contributed by atoms with Gasteiger partial charge in [-0.2, -0.15) is 0 Å². The Morgan fingerprint density at radius 3 is 2.23 bits per heavy atom. The lowest BCUT2D eigenvalue weighted by molar-refractivity contribution is -0.143. The number of nitrogens with zero attached hydrogens (tertiary/aromatic N) is 4. The van der Waals surface area contributed by atoms with Crippen LogP contribution in [-0.2, 0) is 27.4 Å². The number of thiazole rings is 1. The number of unbranched alkanes of at least 4 members (excludes halogenated alkanes) is 1. The second kappa shape index (κ2) is 25.4. The third-order valence-electron chi connectivity index (χ3n) is 15.9. The molecule has 80 heavy (non-hydrogen) atoms. The van der Waals surface area contributed by atoms with Crippen molar-refractivity contribution in [1.82, 2.24) is 30.4 Å². The zero-order chi connectivity index (χ0) is 56.8. The number of fused-ring (bicyclic) bond motifs is 1. The SMILES string of the molecule is CCN(c1cc(-c2ccc(OCCCCOc3ccc4c(c3)C(=O)N(C(C(=O)N3C[C@H](O)C[C@H]3C(=O)NC(C)c3ccc(-c5scnc5C)cc3)C(C)C)C4)cc2)cc(C(=O)NCc2c(C)cc(C)[nH]c2=O)c1C)C1CCOCC1. The number of H-pyrrole nitrogens is 1. The van der Waals surface area contributed by atoms with Crippen molar-refractivity contribution >= 4 is 40.7 Å². The van der Waals surface area contributed by atoms with E-state index in [9.17, 15) is 29.1 Å². The number of rotatable bonds is 21. The van der Waals surface area contributed by atoms with Crippen LogP contribution in [0.15, 0.2) is 95.2 Å². The van der Waals surface area contributed by atoms with E-state index in [1.54, 1.807) is 22.3 Å². The maximum atomic E-state index is 14.5. The fourth-order valence-electron chi connectivity index (χ4n) is 11.5.